The maximum absolute atomic E-state index is 12.9. The highest BCUT2D eigenvalue weighted by Crippen LogP contribution is 2.27. The molecule has 0 N–H and O–H groups in total. The van der Waals surface area contributed by atoms with Gasteiger partial charge < -0.3 is 14.0 Å². The largest absolute Gasteiger partial charge is 0.454 e. The molecule has 4 rings (SSSR count). The summed E-state index contributed by atoms with van der Waals surface area (Å²) in [6.45, 7) is 7.16. The van der Waals surface area contributed by atoms with Crippen LogP contribution < -0.4 is 0 Å². The summed E-state index contributed by atoms with van der Waals surface area (Å²) >= 11 is 3.15. The standard InChI is InChI=1S/C25H28N2O4S2/c1-16-11-22(17(2)27(16)12-20-7-6-10-30-20)23(28)13-31-25(29)21-8-4-5-9-24(21)33-15-19-14-32-18(3)26-19/h4-5,8-9,11,14,20H,6-7,10,12-13,15H2,1-3H3. The Kier molecular flexibility index (Phi) is 7.67. The molecular formula is C25H28N2O4S2. The molecule has 0 radical (unpaired) electrons. The third-order valence-corrected chi connectivity index (χ3v) is 7.70. The highest BCUT2D eigenvalue weighted by Gasteiger charge is 2.22. The van der Waals surface area contributed by atoms with Crippen molar-refractivity contribution in [2.45, 2.75) is 56.9 Å². The van der Waals surface area contributed by atoms with Crippen molar-refractivity contribution in [3.8, 4) is 0 Å². The Hall–Kier alpha value is -2.42. The highest BCUT2D eigenvalue weighted by molar-refractivity contribution is 7.98. The van der Waals surface area contributed by atoms with E-state index >= 15 is 0 Å². The maximum atomic E-state index is 12.9. The van der Waals surface area contributed by atoms with E-state index in [2.05, 4.69) is 9.55 Å². The molecule has 0 spiro atoms. The quantitative estimate of drug-likeness (QED) is 0.231. The molecule has 1 atom stereocenters. The Morgan fingerprint density at radius 3 is 2.79 bits per heavy atom. The van der Waals surface area contributed by atoms with Gasteiger partial charge in [-0.15, -0.1) is 23.1 Å². The van der Waals surface area contributed by atoms with E-state index in [-0.39, 0.29) is 18.5 Å². The summed E-state index contributed by atoms with van der Waals surface area (Å²) in [5.74, 6) is -0.0169. The lowest BCUT2D eigenvalue weighted by molar-refractivity contribution is 0.0471. The van der Waals surface area contributed by atoms with Crippen LogP contribution in [0.2, 0.25) is 0 Å². The van der Waals surface area contributed by atoms with Gasteiger partial charge in [-0.25, -0.2) is 9.78 Å². The van der Waals surface area contributed by atoms with Crippen LogP contribution >= 0.6 is 23.1 Å². The summed E-state index contributed by atoms with van der Waals surface area (Å²) < 4.78 is 13.3. The van der Waals surface area contributed by atoms with E-state index < -0.39 is 5.97 Å². The van der Waals surface area contributed by atoms with Crippen LogP contribution in [0.3, 0.4) is 0 Å². The fourth-order valence-electron chi connectivity index (χ4n) is 4.03. The molecule has 1 aliphatic heterocycles. The van der Waals surface area contributed by atoms with Crippen LogP contribution in [0.25, 0.3) is 0 Å². The van der Waals surface area contributed by atoms with Gasteiger partial charge in [-0.05, 0) is 51.8 Å². The Morgan fingerprint density at radius 2 is 2.06 bits per heavy atom. The number of ketones is 1. The summed E-state index contributed by atoms with van der Waals surface area (Å²) in [5, 5.41) is 3.05. The summed E-state index contributed by atoms with van der Waals surface area (Å²) in [5.41, 5.74) is 3.94. The van der Waals surface area contributed by atoms with E-state index in [1.54, 1.807) is 23.5 Å². The van der Waals surface area contributed by atoms with Gasteiger partial charge in [0.15, 0.2) is 6.61 Å². The van der Waals surface area contributed by atoms with Crippen molar-refractivity contribution >= 4 is 34.9 Å². The van der Waals surface area contributed by atoms with E-state index in [0.29, 0.717) is 16.9 Å². The lowest BCUT2D eigenvalue weighted by atomic mass is 10.1. The molecule has 1 aromatic carbocycles. The maximum Gasteiger partial charge on any atom is 0.339 e. The molecular weight excluding hydrogens is 456 g/mol. The Labute approximate surface area is 202 Å². The predicted octanol–water partition coefficient (Wildman–Crippen LogP) is 5.38. The van der Waals surface area contributed by atoms with Crippen molar-refractivity contribution in [2.75, 3.05) is 13.2 Å². The number of Topliss-reactive ketones (excluding diaryl/α,β-unsaturated/α-hetero) is 1. The number of aromatic nitrogens is 2. The number of nitrogens with zero attached hydrogens (tertiary/aromatic N) is 2. The SMILES string of the molecule is Cc1nc(CSc2ccccc2C(=O)OCC(=O)c2cc(C)n(CC3CCCO3)c2C)cs1. The summed E-state index contributed by atoms with van der Waals surface area (Å²) in [4.78, 5) is 30.9. The van der Waals surface area contributed by atoms with E-state index in [9.17, 15) is 9.59 Å². The van der Waals surface area contributed by atoms with Crippen LogP contribution in [0.15, 0.2) is 40.6 Å². The topological polar surface area (TPSA) is 70.4 Å². The fraction of sp³-hybridized carbons (Fsp3) is 0.400. The minimum Gasteiger partial charge on any atom is -0.454 e. The number of hydrogen-bond acceptors (Lipinski definition) is 7. The normalized spacial score (nSPS) is 15.7. The predicted molar refractivity (Wildman–Crippen MR) is 130 cm³/mol. The molecule has 1 aliphatic rings. The van der Waals surface area contributed by atoms with Crippen LogP contribution in [-0.4, -0.2) is 40.6 Å². The highest BCUT2D eigenvalue weighted by atomic mass is 32.2. The van der Waals surface area contributed by atoms with Crippen molar-refractivity contribution < 1.29 is 19.1 Å². The molecule has 174 valence electrons. The van der Waals surface area contributed by atoms with Gasteiger partial charge in [-0.3, -0.25) is 4.79 Å². The van der Waals surface area contributed by atoms with Gasteiger partial charge in [-0.2, -0.15) is 0 Å². The fourth-order valence-corrected chi connectivity index (χ4v) is 5.68. The zero-order chi connectivity index (χ0) is 23.4. The number of carbonyl (C=O) groups excluding carboxylic acids is 2. The minimum atomic E-state index is -0.492. The number of carbonyl (C=O) groups is 2. The zero-order valence-electron chi connectivity index (χ0n) is 19.1. The van der Waals surface area contributed by atoms with Gasteiger partial charge >= 0.3 is 5.97 Å². The Balaban J connectivity index is 1.38. The van der Waals surface area contributed by atoms with E-state index in [1.807, 2.05) is 44.4 Å². The van der Waals surface area contributed by atoms with E-state index in [4.69, 9.17) is 9.47 Å². The zero-order valence-corrected chi connectivity index (χ0v) is 20.8. The molecule has 0 saturated carbocycles. The molecule has 1 saturated heterocycles. The number of ether oxygens (including phenoxy) is 2. The first kappa shape index (κ1) is 23.7. The van der Waals surface area contributed by atoms with Crippen molar-refractivity contribution in [3.05, 3.63) is 68.9 Å². The summed E-state index contributed by atoms with van der Waals surface area (Å²) in [6, 6.07) is 9.18. The van der Waals surface area contributed by atoms with Gasteiger partial charge in [0.2, 0.25) is 5.78 Å². The number of esters is 1. The van der Waals surface area contributed by atoms with Crippen LogP contribution in [-0.2, 0) is 21.8 Å². The molecule has 0 bridgehead atoms. The number of thioether (sulfide) groups is 1. The van der Waals surface area contributed by atoms with Gasteiger partial charge in [0, 0.05) is 46.1 Å². The number of aryl methyl sites for hydroxylation is 2. The number of thiazole rings is 1. The molecule has 3 heterocycles. The van der Waals surface area contributed by atoms with Gasteiger partial charge in [0.25, 0.3) is 0 Å². The van der Waals surface area contributed by atoms with Crippen molar-refractivity contribution in [2.24, 2.45) is 0 Å². The molecule has 3 aromatic rings. The van der Waals surface area contributed by atoms with Crippen molar-refractivity contribution in [1.82, 2.24) is 9.55 Å². The number of rotatable bonds is 9. The van der Waals surface area contributed by atoms with Crippen molar-refractivity contribution in [3.63, 3.8) is 0 Å². The lowest BCUT2D eigenvalue weighted by Gasteiger charge is -2.14. The first-order valence-corrected chi connectivity index (χ1v) is 12.9. The smallest absolute Gasteiger partial charge is 0.339 e. The van der Waals surface area contributed by atoms with E-state index in [1.165, 1.54) is 11.8 Å². The molecule has 1 fully saturated rings. The van der Waals surface area contributed by atoms with E-state index in [0.717, 1.165) is 53.0 Å². The van der Waals surface area contributed by atoms with Crippen LogP contribution in [0.4, 0.5) is 0 Å². The Morgan fingerprint density at radius 1 is 1.24 bits per heavy atom. The lowest BCUT2D eigenvalue weighted by Crippen LogP contribution is -2.18. The Bertz CT molecular complexity index is 1150. The molecule has 6 nitrogen and oxygen atoms in total. The second-order valence-electron chi connectivity index (χ2n) is 8.17. The first-order valence-electron chi connectivity index (χ1n) is 11.0. The molecule has 0 aliphatic carbocycles. The van der Waals surface area contributed by atoms with Gasteiger partial charge in [-0.1, -0.05) is 12.1 Å². The third kappa shape index (κ3) is 5.75. The first-order chi connectivity index (χ1) is 15.9. The number of benzene rings is 1. The number of hydrogen-bond donors (Lipinski definition) is 0. The van der Waals surface area contributed by atoms with Crippen LogP contribution in [0.1, 0.15) is 55.6 Å². The van der Waals surface area contributed by atoms with Crippen LogP contribution in [0, 0.1) is 20.8 Å². The second kappa shape index (κ2) is 10.7. The molecule has 0 amide bonds. The monoisotopic (exact) mass is 484 g/mol. The minimum absolute atomic E-state index is 0.192. The summed E-state index contributed by atoms with van der Waals surface area (Å²) in [7, 11) is 0. The average Bonchev–Trinajstić information content (AvgIpc) is 3.54. The average molecular weight is 485 g/mol. The van der Waals surface area contributed by atoms with Gasteiger partial charge in [0.1, 0.15) is 0 Å². The third-order valence-electron chi connectivity index (χ3n) is 5.77. The summed E-state index contributed by atoms with van der Waals surface area (Å²) in [6.07, 6.45) is 2.31. The molecule has 8 heteroatoms. The molecule has 33 heavy (non-hydrogen) atoms. The second-order valence-corrected chi connectivity index (χ2v) is 10.3. The van der Waals surface area contributed by atoms with Crippen molar-refractivity contribution in [1.29, 1.82) is 0 Å². The molecule has 1 unspecified atom stereocenters. The molecule has 2 aromatic heterocycles. The van der Waals surface area contributed by atoms with Gasteiger partial charge in [0.05, 0.1) is 22.4 Å². The van der Waals surface area contributed by atoms with Crippen LogP contribution in [0.5, 0.6) is 0 Å².